The van der Waals surface area contributed by atoms with Gasteiger partial charge in [-0.15, -0.1) is 0 Å². The summed E-state index contributed by atoms with van der Waals surface area (Å²) in [6.45, 7) is 6.93. The molecule has 0 radical (unpaired) electrons. The molecule has 0 aromatic rings. The molecule has 0 saturated heterocycles. The Balaban J connectivity index is 2.15. The monoisotopic (exact) mass is 122 g/mol. The van der Waals surface area contributed by atoms with Crippen molar-refractivity contribution in [3.8, 4) is 0 Å². The van der Waals surface area contributed by atoms with Crippen molar-refractivity contribution in [3.63, 3.8) is 0 Å². The fraction of sp³-hybridized carbons (Fsp3) is 0.778. The van der Waals surface area contributed by atoms with Gasteiger partial charge in [-0.1, -0.05) is 25.5 Å². The van der Waals surface area contributed by atoms with E-state index in [1.54, 1.807) is 5.57 Å². The van der Waals surface area contributed by atoms with Crippen molar-refractivity contribution in [3.05, 3.63) is 11.6 Å². The van der Waals surface area contributed by atoms with Crippen LogP contribution in [0.25, 0.3) is 0 Å². The normalized spacial score (nSPS) is 53.9. The van der Waals surface area contributed by atoms with E-state index < -0.39 is 0 Å². The van der Waals surface area contributed by atoms with E-state index in [0.29, 0.717) is 0 Å². The van der Waals surface area contributed by atoms with Crippen molar-refractivity contribution < 1.29 is 0 Å². The van der Waals surface area contributed by atoms with E-state index in [9.17, 15) is 0 Å². The van der Waals surface area contributed by atoms with Gasteiger partial charge in [0, 0.05) is 0 Å². The summed E-state index contributed by atoms with van der Waals surface area (Å²) in [4.78, 5) is 0. The van der Waals surface area contributed by atoms with Crippen LogP contribution in [0.3, 0.4) is 0 Å². The molecular formula is C9H14. The van der Waals surface area contributed by atoms with Crippen molar-refractivity contribution in [2.24, 2.45) is 23.7 Å². The first-order valence-electron chi connectivity index (χ1n) is 3.93. The summed E-state index contributed by atoms with van der Waals surface area (Å²) in [7, 11) is 0. The molecule has 4 unspecified atom stereocenters. The van der Waals surface area contributed by atoms with Gasteiger partial charge in [0.05, 0.1) is 0 Å². The van der Waals surface area contributed by atoms with Crippen LogP contribution in [0, 0.1) is 23.7 Å². The molecule has 2 saturated carbocycles. The minimum absolute atomic E-state index is 0.987. The zero-order chi connectivity index (χ0) is 6.59. The Hall–Kier alpha value is -0.260. The predicted molar refractivity (Wildman–Crippen MR) is 39.1 cm³/mol. The minimum Gasteiger partial charge on any atom is -0.0878 e. The van der Waals surface area contributed by atoms with E-state index in [1.807, 2.05) is 0 Å². The van der Waals surface area contributed by atoms with Gasteiger partial charge in [0.1, 0.15) is 0 Å². The van der Waals surface area contributed by atoms with Gasteiger partial charge in [0.25, 0.3) is 0 Å². The third-order valence-corrected chi connectivity index (χ3v) is 3.34. The van der Waals surface area contributed by atoms with Gasteiger partial charge in [-0.2, -0.15) is 0 Å². The lowest BCUT2D eigenvalue weighted by molar-refractivity contribution is 0.195. The molecule has 0 heteroatoms. The second kappa shape index (κ2) is 1.42. The topological polar surface area (TPSA) is 0 Å². The number of hydrogen-bond donors (Lipinski definition) is 0. The van der Waals surface area contributed by atoms with Crippen LogP contribution in [0.2, 0.25) is 0 Å². The number of rotatable bonds is 0. The molecule has 9 heavy (non-hydrogen) atoms. The summed E-state index contributed by atoms with van der Waals surface area (Å²) in [6.07, 6.45) is 2.31. The van der Waals surface area contributed by atoms with Crippen molar-refractivity contribution >= 4 is 0 Å². The van der Waals surface area contributed by atoms with Gasteiger partial charge in [-0.3, -0.25) is 0 Å². The maximum absolute atomic E-state index is 2.38. The molecule has 0 spiro atoms. The van der Waals surface area contributed by atoms with Gasteiger partial charge in [0.15, 0.2) is 0 Å². The fourth-order valence-electron chi connectivity index (χ4n) is 2.48. The molecule has 0 heterocycles. The van der Waals surface area contributed by atoms with Crippen LogP contribution in [-0.2, 0) is 0 Å². The van der Waals surface area contributed by atoms with E-state index in [2.05, 4.69) is 26.8 Å². The molecule has 4 atom stereocenters. The van der Waals surface area contributed by atoms with Crippen LogP contribution in [0.1, 0.15) is 20.8 Å². The minimum atomic E-state index is 0.987. The van der Waals surface area contributed by atoms with Gasteiger partial charge in [-0.05, 0) is 30.6 Å². The third kappa shape index (κ3) is 0.452. The first kappa shape index (κ1) is 5.52. The molecule has 50 valence electrons. The molecule has 2 fully saturated rings. The largest absolute Gasteiger partial charge is 0.0878 e. The highest BCUT2D eigenvalue weighted by Gasteiger charge is 2.60. The Morgan fingerprint density at radius 3 is 1.78 bits per heavy atom. The molecule has 0 bridgehead atoms. The lowest BCUT2D eigenvalue weighted by Crippen LogP contribution is -2.23. The standard InChI is InChI=1S/C9H14/c1-4-7-8-5(2)6(3)9(7)8/h4-6,8-9H,1-3H3. The smallest absolute Gasteiger partial charge is 0.0103 e. The highest BCUT2D eigenvalue weighted by molar-refractivity contribution is 5.37. The number of allylic oxidation sites excluding steroid dienone is 2. The maximum atomic E-state index is 2.38. The Morgan fingerprint density at radius 2 is 1.56 bits per heavy atom. The van der Waals surface area contributed by atoms with Crippen LogP contribution in [0.15, 0.2) is 11.6 Å². The number of hydrogen-bond acceptors (Lipinski definition) is 0. The molecule has 0 amide bonds. The Kier molecular flexibility index (Phi) is 0.870. The molecule has 2 aliphatic rings. The summed E-state index contributed by atoms with van der Waals surface area (Å²) in [6, 6.07) is 0. The molecule has 2 rings (SSSR count). The van der Waals surface area contributed by atoms with E-state index in [4.69, 9.17) is 0 Å². The highest BCUT2D eigenvalue weighted by Crippen LogP contribution is 2.67. The molecular weight excluding hydrogens is 108 g/mol. The van der Waals surface area contributed by atoms with Gasteiger partial charge < -0.3 is 0 Å². The van der Waals surface area contributed by atoms with E-state index >= 15 is 0 Å². The molecule has 0 aromatic heterocycles. The average Bonchev–Trinajstić information content (AvgIpc) is 2.57. The second-order valence-corrected chi connectivity index (χ2v) is 3.56. The third-order valence-electron chi connectivity index (χ3n) is 3.34. The van der Waals surface area contributed by atoms with Crippen molar-refractivity contribution in [2.75, 3.05) is 0 Å². The SMILES string of the molecule is CC=C1C2C(C)C(C)C12. The predicted octanol–water partition coefficient (Wildman–Crippen LogP) is 2.46. The quantitative estimate of drug-likeness (QED) is 0.433. The zero-order valence-electron chi connectivity index (χ0n) is 6.39. The fourth-order valence-corrected chi connectivity index (χ4v) is 2.48. The van der Waals surface area contributed by atoms with Crippen LogP contribution < -0.4 is 0 Å². The van der Waals surface area contributed by atoms with E-state index in [-0.39, 0.29) is 0 Å². The van der Waals surface area contributed by atoms with Crippen LogP contribution in [0.5, 0.6) is 0 Å². The van der Waals surface area contributed by atoms with Crippen LogP contribution in [0.4, 0.5) is 0 Å². The molecule has 0 N–H and O–H groups in total. The summed E-state index contributed by atoms with van der Waals surface area (Å²) in [5, 5.41) is 0. The lowest BCUT2D eigenvalue weighted by atomic mass is 9.77. The van der Waals surface area contributed by atoms with E-state index in [0.717, 1.165) is 23.7 Å². The van der Waals surface area contributed by atoms with E-state index in [1.165, 1.54) is 0 Å². The Bertz CT molecular complexity index is 151. The van der Waals surface area contributed by atoms with Crippen molar-refractivity contribution in [2.45, 2.75) is 20.8 Å². The molecule has 0 aliphatic heterocycles. The van der Waals surface area contributed by atoms with Gasteiger partial charge in [-0.25, -0.2) is 0 Å². The first-order valence-corrected chi connectivity index (χ1v) is 3.93. The zero-order valence-corrected chi connectivity index (χ0v) is 6.39. The average molecular weight is 122 g/mol. The highest BCUT2D eigenvalue weighted by atomic mass is 14.6. The number of fused-ring (bicyclic) bond motifs is 1. The summed E-state index contributed by atoms with van der Waals surface area (Å²) in [5.41, 5.74) is 1.75. The summed E-state index contributed by atoms with van der Waals surface area (Å²) in [5.74, 6) is 4.01. The molecule has 0 nitrogen and oxygen atoms in total. The van der Waals surface area contributed by atoms with Crippen molar-refractivity contribution in [1.82, 2.24) is 0 Å². The maximum Gasteiger partial charge on any atom is -0.0103 e. The van der Waals surface area contributed by atoms with Gasteiger partial charge in [0.2, 0.25) is 0 Å². The van der Waals surface area contributed by atoms with Crippen LogP contribution >= 0.6 is 0 Å². The summed E-state index contributed by atoms with van der Waals surface area (Å²) < 4.78 is 0. The van der Waals surface area contributed by atoms with Crippen molar-refractivity contribution in [1.29, 1.82) is 0 Å². The molecule has 2 aliphatic carbocycles. The second-order valence-electron chi connectivity index (χ2n) is 3.56. The summed E-state index contributed by atoms with van der Waals surface area (Å²) >= 11 is 0. The lowest BCUT2D eigenvalue weighted by Gasteiger charge is -2.27. The van der Waals surface area contributed by atoms with Crippen LogP contribution in [-0.4, -0.2) is 0 Å². The van der Waals surface area contributed by atoms with Gasteiger partial charge >= 0.3 is 0 Å². The Labute approximate surface area is 57.0 Å². The first-order chi connectivity index (χ1) is 4.27. The Morgan fingerprint density at radius 1 is 1.11 bits per heavy atom. The molecule has 0 aromatic carbocycles.